The summed E-state index contributed by atoms with van der Waals surface area (Å²) in [5.41, 5.74) is 1.02. The van der Waals surface area contributed by atoms with Crippen molar-refractivity contribution in [1.82, 2.24) is 15.1 Å². The van der Waals surface area contributed by atoms with Gasteiger partial charge in [-0.3, -0.25) is 4.68 Å². The second kappa shape index (κ2) is 7.04. The van der Waals surface area contributed by atoms with E-state index in [0.717, 1.165) is 31.5 Å². The predicted molar refractivity (Wildman–Crippen MR) is 74.3 cm³/mol. The van der Waals surface area contributed by atoms with E-state index in [-0.39, 0.29) is 11.9 Å². The Hall–Kier alpha value is -1.68. The van der Waals surface area contributed by atoms with Crippen molar-refractivity contribution in [1.29, 1.82) is 0 Å². The maximum atomic E-state index is 13.2. The third-order valence-corrected chi connectivity index (χ3v) is 3.17. The number of rotatable bonds is 7. The number of nitrogens with zero attached hydrogens (tertiary/aromatic N) is 2. The summed E-state index contributed by atoms with van der Waals surface area (Å²) in [6.45, 7) is 3.91. The van der Waals surface area contributed by atoms with Crippen molar-refractivity contribution in [3.8, 4) is 0 Å². The van der Waals surface area contributed by atoms with Crippen LogP contribution < -0.4 is 5.32 Å². The molecule has 0 amide bonds. The van der Waals surface area contributed by atoms with Gasteiger partial charge in [0.05, 0.1) is 0 Å². The molecule has 0 spiro atoms. The van der Waals surface area contributed by atoms with E-state index in [1.165, 1.54) is 6.07 Å². The molecule has 0 aliphatic carbocycles. The molecule has 0 saturated heterocycles. The van der Waals surface area contributed by atoms with E-state index >= 15 is 0 Å². The zero-order valence-electron chi connectivity index (χ0n) is 11.2. The number of hydrogen-bond donors (Lipinski definition) is 1. The van der Waals surface area contributed by atoms with Gasteiger partial charge >= 0.3 is 0 Å². The van der Waals surface area contributed by atoms with E-state index in [1.54, 1.807) is 18.3 Å². The maximum Gasteiger partial charge on any atom is 0.123 e. The minimum absolute atomic E-state index is 0.172. The molecular weight excluding hydrogens is 241 g/mol. The highest BCUT2D eigenvalue weighted by Gasteiger charge is 2.08. The molecule has 0 aliphatic heterocycles. The van der Waals surface area contributed by atoms with E-state index in [2.05, 4.69) is 17.3 Å². The minimum Gasteiger partial charge on any atom is -0.310 e. The number of halogens is 1. The summed E-state index contributed by atoms with van der Waals surface area (Å²) in [7, 11) is 0. The van der Waals surface area contributed by atoms with Gasteiger partial charge in [-0.25, -0.2) is 4.39 Å². The summed E-state index contributed by atoms with van der Waals surface area (Å²) < 4.78 is 15.1. The quantitative estimate of drug-likeness (QED) is 0.776. The Bertz CT molecular complexity index is 482. The summed E-state index contributed by atoms with van der Waals surface area (Å²) in [4.78, 5) is 0. The van der Waals surface area contributed by atoms with Crippen molar-refractivity contribution in [3.05, 3.63) is 54.1 Å². The van der Waals surface area contributed by atoms with Crippen molar-refractivity contribution in [2.24, 2.45) is 0 Å². The van der Waals surface area contributed by atoms with Crippen LogP contribution in [0.5, 0.6) is 0 Å². The number of aryl methyl sites for hydroxylation is 1. The predicted octanol–water partition coefficient (Wildman–Crippen LogP) is 3.15. The lowest BCUT2D eigenvalue weighted by atomic mass is 10.0. The van der Waals surface area contributed by atoms with Gasteiger partial charge in [0.15, 0.2) is 0 Å². The van der Waals surface area contributed by atoms with Crippen LogP contribution in [0.3, 0.4) is 0 Å². The third-order valence-electron chi connectivity index (χ3n) is 3.17. The number of aromatic nitrogens is 2. The lowest BCUT2D eigenvalue weighted by Crippen LogP contribution is -2.23. The fraction of sp³-hybridized carbons (Fsp3) is 0.400. The van der Waals surface area contributed by atoms with Gasteiger partial charge in [-0.2, -0.15) is 5.10 Å². The molecule has 0 saturated carbocycles. The largest absolute Gasteiger partial charge is 0.310 e. The van der Waals surface area contributed by atoms with E-state index < -0.39 is 0 Å². The first-order valence-electron chi connectivity index (χ1n) is 6.76. The van der Waals surface area contributed by atoms with Gasteiger partial charge in [0.2, 0.25) is 0 Å². The monoisotopic (exact) mass is 261 g/mol. The van der Waals surface area contributed by atoms with E-state index in [9.17, 15) is 4.39 Å². The second-order valence-electron chi connectivity index (χ2n) is 4.59. The molecule has 1 N–H and O–H groups in total. The summed E-state index contributed by atoms with van der Waals surface area (Å²) in [6.07, 6.45) is 5.71. The average Bonchev–Trinajstić information content (AvgIpc) is 2.92. The Balaban J connectivity index is 1.79. The van der Waals surface area contributed by atoms with Gasteiger partial charge < -0.3 is 5.32 Å². The minimum atomic E-state index is -0.172. The Morgan fingerprint density at radius 3 is 2.95 bits per heavy atom. The summed E-state index contributed by atoms with van der Waals surface area (Å²) in [6, 6.07) is 8.96. The van der Waals surface area contributed by atoms with Crippen LogP contribution in [0, 0.1) is 5.82 Å². The molecule has 102 valence electrons. The van der Waals surface area contributed by atoms with Crippen LogP contribution in [0.25, 0.3) is 0 Å². The standard InChI is InChI=1S/C15H20FN3/c1-2-15(13-6-3-7-14(16)12-13)17-8-4-10-19-11-5-9-18-19/h3,5-7,9,11-12,15,17H,2,4,8,10H2,1H3. The van der Waals surface area contributed by atoms with Crippen LogP contribution in [0.15, 0.2) is 42.7 Å². The van der Waals surface area contributed by atoms with Crippen molar-refractivity contribution < 1.29 is 4.39 Å². The molecule has 0 aliphatic rings. The fourth-order valence-electron chi connectivity index (χ4n) is 2.17. The normalized spacial score (nSPS) is 12.5. The van der Waals surface area contributed by atoms with E-state index in [1.807, 2.05) is 23.0 Å². The third kappa shape index (κ3) is 4.17. The summed E-state index contributed by atoms with van der Waals surface area (Å²) in [5, 5.41) is 7.63. The molecule has 2 aromatic rings. The van der Waals surface area contributed by atoms with Crippen molar-refractivity contribution in [3.63, 3.8) is 0 Å². The maximum absolute atomic E-state index is 13.2. The molecule has 2 rings (SSSR count). The van der Waals surface area contributed by atoms with Gasteiger partial charge in [0.25, 0.3) is 0 Å². The number of nitrogens with one attached hydrogen (secondary N) is 1. The van der Waals surface area contributed by atoms with Crippen LogP contribution in [0.4, 0.5) is 4.39 Å². The molecular formula is C15H20FN3. The first-order valence-corrected chi connectivity index (χ1v) is 6.76. The van der Waals surface area contributed by atoms with Crippen LogP contribution in [-0.4, -0.2) is 16.3 Å². The molecule has 3 nitrogen and oxygen atoms in total. The van der Waals surface area contributed by atoms with Crippen LogP contribution in [-0.2, 0) is 6.54 Å². The Kier molecular flexibility index (Phi) is 5.10. The molecule has 1 unspecified atom stereocenters. The lowest BCUT2D eigenvalue weighted by Gasteiger charge is -2.17. The van der Waals surface area contributed by atoms with Crippen LogP contribution >= 0.6 is 0 Å². The van der Waals surface area contributed by atoms with Crippen molar-refractivity contribution >= 4 is 0 Å². The molecule has 1 aromatic carbocycles. The molecule has 0 bridgehead atoms. The number of benzene rings is 1. The Labute approximate surface area is 113 Å². The Morgan fingerprint density at radius 1 is 1.37 bits per heavy atom. The summed E-state index contributed by atoms with van der Waals surface area (Å²) >= 11 is 0. The zero-order valence-corrected chi connectivity index (χ0v) is 11.2. The highest BCUT2D eigenvalue weighted by molar-refractivity contribution is 5.19. The SMILES string of the molecule is CCC(NCCCn1cccn1)c1cccc(F)c1. The van der Waals surface area contributed by atoms with Gasteiger partial charge in [-0.05, 0) is 43.1 Å². The van der Waals surface area contributed by atoms with Crippen molar-refractivity contribution in [2.75, 3.05) is 6.54 Å². The zero-order chi connectivity index (χ0) is 13.5. The second-order valence-corrected chi connectivity index (χ2v) is 4.59. The number of hydrogen-bond acceptors (Lipinski definition) is 2. The topological polar surface area (TPSA) is 29.9 Å². The van der Waals surface area contributed by atoms with Gasteiger partial charge in [0.1, 0.15) is 5.82 Å². The molecule has 0 fully saturated rings. The smallest absolute Gasteiger partial charge is 0.123 e. The highest BCUT2D eigenvalue weighted by Crippen LogP contribution is 2.17. The van der Waals surface area contributed by atoms with Crippen LogP contribution in [0.2, 0.25) is 0 Å². The average molecular weight is 261 g/mol. The highest BCUT2D eigenvalue weighted by atomic mass is 19.1. The Morgan fingerprint density at radius 2 is 2.26 bits per heavy atom. The summed E-state index contributed by atoms with van der Waals surface area (Å²) in [5.74, 6) is -0.172. The van der Waals surface area contributed by atoms with Crippen LogP contribution in [0.1, 0.15) is 31.4 Å². The molecule has 1 heterocycles. The van der Waals surface area contributed by atoms with Gasteiger partial charge in [-0.15, -0.1) is 0 Å². The van der Waals surface area contributed by atoms with Gasteiger partial charge in [0, 0.05) is 25.0 Å². The molecule has 0 radical (unpaired) electrons. The van der Waals surface area contributed by atoms with E-state index in [0.29, 0.717) is 0 Å². The fourth-order valence-corrected chi connectivity index (χ4v) is 2.17. The molecule has 19 heavy (non-hydrogen) atoms. The first-order chi connectivity index (χ1) is 9.29. The molecule has 4 heteroatoms. The van der Waals surface area contributed by atoms with Gasteiger partial charge in [-0.1, -0.05) is 19.1 Å². The molecule has 1 atom stereocenters. The first kappa shape index (κ1) is 13.7. The lowest BCUT2D eigenvalue weighted by molar-refractivity contribution is 0.477. The van der Waals surface area contributed by atoms with E-state index in [4.69, 9.17) is 0 Å². The van der Waals surface area contributed by atoms with Crippen molar-refractivity contribution in [2.45, 2.75) is 32.4 Å². The molecule has 1 aromatic heterocycles.